The summed E-state index contributed by atoms with van der Waals surface area (Å²) in [6.07, 6.45) is 4.26. The molecule has 1 aliphatic heterocycles. The highest BCUT2D eigenvalue weighted by molar-refractivity contribution is 7.99. The van der Waals surface area contributed by atoms with Crippen molar-refractivity contribution in [3.63, 3.8) is 0 Å². The molecule has 0 N–H and O–H groups in total. The lowest BCUT2D eigenvalue weighted by Crippen LogP contribution is -2.50. The molecule has 0 radical (unpaired) electrons. The zero-order valence-corrected chi connectivity index (χ0v) is 20.8. The molecule has 5 rings (SSSR count). The molecule has 0 spiro atoms. The molecule has 2 aromatic carbocycles. The Kier molecular flexibility index (Phi) is 7.69. The SMILES string of the molecule is O=C(CSc1nc2ccccc2c(=O)n1C1CCCC1)N1CCN(CCOc2ccccc2)CC1. The highest BCUT2D eigenvalue weighted by atomic mass is 32.2. The number of piperazine rings is 1. The Morgan fingerprint density at radius 3 is 2.46 bits per heavy atom. The van der Waals surface area contributed by atoms with Gasteiger partial charge in [0.25, 0.3) is 5.56 Å². The fraction of sp³-hybridized carbons (Fsp3) is 0.444. The summed E-state index contributed by atoms with van der Waals surface area (Å²) in [4.78, 5) is 35.4. The van der Waals surface area contributed by atoms with Gasteiger partial charge in [-0.3, -0.25) is 19.1 Å². The van der Waals surface area contributed by atoms with Gasteiger partial charge in [0.2, 0.25) is 5.91 Å². The number of carbonyl (C=O) groups is 1. The molecule has 2 fully saturated rings. The zero-order valence-electron chi connectivity index (χ0n) is 20.0. The van der Waals surface area contributed by atoms with Gasteiger partial charge in [0.15, 0.2) is 5.16 Å². The fourth-order valence-electron chi connectivity index (χ4n) is 4.96. The van der Waals surface area contributed by atoms with Crippen molar-refractivity contribution < 1.29 is 9.53 Å². The smallest absolute Gasteiger partial charge is 0.262 e. The number of hydrogen-bond donors (Lipinski definition) is 0. The summed E-state index contributed by atoms with van der Waals surface area (Å²) in [5.41, 5.74) is 0.719. The van der Waals surface area contributed by atoms with Gasteiger partial charge >= 0.3 is 0 Å². The third kappa shape index (κ3) is 5.70. The first-order valence-corrected chi connectivity index (χ1v) is 13.5. The van der Waals surface area contributed by atoms with E-state index < -0.39 is 0 Å². The van der Waals surface area contributed by atoms with E-state index in [-0.39, 0.29) is 17.5 Å². The second-order valence-electron chi connectivity index (χ2n) is 9.20. The van der Waals surface area contributed by atoms with E-state index >= 15 is 0 Å². The molecule has 8 heteroatoms. The third-order valence-corrected chi connectivity index (χ3v) is 7.87. The summed E-state index contributed by atoms with van der Waals surface area (Å²) >= 11 is 1.40. The second-order valence-corrected chi connectivity index (χ2v) is 10.1. The van der Waals surface area contributed by atoms with Crippen molar-refractivity contribution in [2.24, 2.45) is 0 Å². The molecule has 35 heavy (non-hydrogen) atoms. The molecule has 2 heterocycles. The van der Waals surface area contributed by atoms with Gasteiger partial charge in [0, 0.05) is 38.8 Å². The summed E-state index contributed by atoms with van der Waals surface area (Å²) in [7, 11) is 0. The predicted molar refractivity (Wildman–Crippen MR) is 139 cm³/mol. The molecule has 184 valence electrons. The lowest BCUT2D eigenvalue weighted by molar-refractivity contribution is -0.130. The highest BCUT2D eigenvalue weighted by Crippen LogP contribution is 2.32. The van der Waals surface area contributed by atoms with Crippen LogP contribution in [-0.2, 0) is 4.79 Å². The number of hydrogen-bond acceptors (Lipinski definition) is 6. The van der Waals surface area contributed by atoms with Crippen molar-refractivity contribution in [3.8, 4) is 5.75 Å². The van der Waals surface area contributed by atoms with Crippen LogP contribution in [0.25, 0.3) is 10.9 Å². The largest absolute Gasteiger partial charge is 0.492 e. The van der Waals surface area contributed by atoms with Crippen LogP contribution in [0.2, 0.25) is 0 Å². The van der Waals surface area contributed by atoms with Gasteiger partial charge in [-0.05, 0) is 37.1 Å². The Morgan fingerprint density at radius 2 is 1.69 bits per heavy atom. The summed E-state index contributed by atoms with van der Waals surface area (Å²) < 4.78 is 7.66. The van der Waals surface area contributed by atoms with E-state index in [0.717, 1.165) is 51.1 Å². The number of amides is 1. The van der Waals surface area contributed by atoms with Gasteiger partial charge in [-0.25, -0.2) is 4.98 Å². The molecule has 1 saturated heterocycles. The Balaban J connectivity index is 1.17. The Hall–Kier alpha value is -2.84. The summed E-state index contributed by atoms with van der Waals surface area (Å²) in [6, 6.07) is 17.5. The number of para-hydroxylation sites is 2. The maximum Gasteiger partial charge on any atom is 0.262 e. The van der Waals surface area contributed by atoms with Gasteiger partial charge < -0.3 is 9.64 Å². The first-order chi connectivity index (χ1) is 17.2. The van der Waals surface area contributed by atoms with Crippen LogP contribution in [0.3, 0.4) is 0 Å². The number of carbonyl (C=O) groups excluding carboxylic acids is 1. The van der Waals surface area contributed by atoms with Crippen molar-refractivity contribution in [3.05, 3.63) is 65.0 Å². The van der Waals surface area contributed by atoms with Crippen molar-refractivity contribution in [2.75, 3.05) is 45.1 Å². The Labute approximate surface area is 210 Å². The monoisotopic (exact) mass is 492 g/mol. The van der Waals surface area contributed by atoms with Crippen LogP contribution in [0, 0.1) is 0 Å². The number of rotatable bonds is 8. The lowest BCUT2D eigenvalue weighted by atomic mass is 10.2. The van der Waals surface area contributed by atoms with E-state index in [9.17, 15) is 9.59 Å². The fourth-order valence-corrected chi connectivity index (χ4v) is 5.93. The average molecular weight is 493 g/mol. The van der Waals surface area contributed by atoms with Crippen molar-refractivity contribution in [1.29, 1.82) is 0 Å². The van der Waals surface area contributed by atoms with E-state index in [1.807, 2.05) is 64.1 Å². The van der Waals surface area contributed by atoms with Crippen LogP contribution >= 0.6 is 11.8 Å². The summed E-state index contributed by atoms with van der Waals surface area (Å²) in [5, 5.41) is 1.33. The van der Waals surface area contributed by atoms with Crippen LogP contribution in [0.15, 0.2) is 64.5 Å². The average Bonchev–Trinajstić information content (AvgIpc) is 3.43. The zero-order chi connectivity index (χ0) is 24.0. The number of thioether (sulfide) groups is 1. The van der Waals surface area contributed by atoms with Gasteiger partial charge in [-0.2, -0.15) is 0 Å². The normalized spacial score (nSPS) is 17.2. The van der Waals surface area contributed by atoms with E-state index in [1.54, 1.807) is 0 Å². The van der Waals surface area contributed by atoms with Gasteiger partial charge in [-0.15, -0.1) is 0 Å². The van der Waals surface area contributed by atoms with Crippen LogP contribution < -0.4 is 10.3 Å². The van der Waals surface area contributed by atoms with Crippen LogP contribution in [0.5, 0.6) is 5.75 Å². The molecule has 7 nitrogen and oxygen atoms in total. The van der Waals surface area contributed by atoms with E-state index in [0.29, 0.717) is 41.5 Å². The number of ether oxygens (including phenoxy) is 1. The minimum absolute atomic E-state index is 0.0174. The van der Waals surface area contributed by atoms with E-state index in [1.165, 1.54) is 11.8 Å². The molecule has 1 aromatic heterocycles. The third-order valence-electron chi connectivity index (χ3n) is 6.93. The minimum Gasteiger partial charge on any atom is -0.492 e. The number of benzene rings is 2. The Morgan fingerprint density at radius 1 is 0.971 bits per heavy atom. The molecular weight excluding hydrogens is 460 g/mol. The number of fused-ring (bicyclic) bond motifs is 1. The molecule has 0 atom stereocenters. The maximum atomic E-state index is 13.3. The van der Waals surface area contributed by atoms with Gasteiger partial charge in [0.05, 0.1) is 16.7 Å². The quantitative estimate of drug-likeness (QED) is 0.352. The highest BCUT2D eigenvalue weighted by Gasteiger charge is 2.25. The van der Waals surface area contributed by atoms with Crippen molar-refractivity contribution in [2.45, 2.75) is 36.9 Å². The number of nitrogens with zero attached hydrogens (tertiary/aromatic N) is 4. The molecule has 1 aliphatic carbocycles. The number of aromatic nitrogens is 2. The predicted octanol–water partition coefficient (Wildman–Crippen LogP) is 3.83. The van der Waals surface area contributed by atoms with Crippen LogP contribution in [0.1, 0.15) is 31.7 Å². The standard InChI is InChI=1S/C27H32N4O3S/c32-25(30-16-14-29(15-17-30)18-19-34-22-10-2-1-3-11-22)20-35-27-28-24-13-7-6-12-23(24)26(33)31(27)21-8-4-5-9-21/h1-3,6-7,10-13,21H,4-5,8-9,14-20H2. The second kappa shape index (κ2) is 11.3. The van der Waals surface area contributed by atoms with E-state index in [4.69, 9.17) is 9.72 Å². The van der Waals surface area contributed by atoms with Crippen LogP contribution in [0.4, 0.5) is 0 Å². The minimum atomic E-state index is 0.0174. The molecule has 0 unspecified atom stereocenters. The van der Waals surface area contributed by atoms with Crippen molar-refractivity contribution >= 4 is 28.6 Å². The van der Waals surface area contributed by atoms with Crippen molar-refractivity contribution in [1.82, 2.24) is 19.4 Å². The molecule has 2 aliphatic rings. The molecule has 3 aromatic rings. The lowest BCUT2D eigenvalue weighted by Gasteiger charge is -2.34. The van der Waals surface area contributed by atoms with Gasteiger partial charge in [0.1, 0.15) is 12.4 Å². The molecule has 0 bridgehead atoms. The first kappa shape index (κ1) is 23.9. The maximum absolute atomic E-state index is 13.3. The molecular formula is C27H32N4O3S. The van der Waals surface area contributed by atoms with Crippen LogP contribution in [-0.4, -0.2) is 70.3 Å². The van der Waals surface area contributed by atoms with Gasteiger partial charge in [-0.1, -0.05) is 54.9 Å². The van der Waals surface area contributed by atoms with E-state index in [2.05, 4.69) is 4.90 Å². The topological polar surface area (TPSA) is 67.7 Å². The first-order valence-electron chi connectivity index (χ1n) is 12.5. The summed E-state index contributed by atoms with van der Waals surface area (Å²) in [5.74, 6) is 1.29. The molecule has 1 amide bonds. The summed E-state index contributed by atoms with van der Waals surface area (Å²) in [6.45, 7) is 4.60. The Bertz CT molecular complexity index is 1200. The molecule has 1 saturated carbocycles.